The molecule has 3 heteroatoms. The third-order valence-electron chi connectivity index (χ3n) is 3.52. The second kappa shape index (κ2) is 4.78. The summed E-state index contributed by atoms with van der Waals surface area (Å²) in [6.07, 6.45) is 0. The number of aryl methyl sites for hydroxylation is 1. The van der Waals surface area contributed by atoms with Crippen molar-refractivity contribution in [3.63, 3.8) is 0 Å². The number of nitrogens with zero attached hydrogens (tertiary/aromatic N) is 1. The summed E-state index contributed by atoms with van der Waals surface area (Å²) in [6.45, 7) is 1.97. The highest BCUT2D eigenvalue weighted by atomic mass is 16.6. The second-order valence-electron chi connectivity index (χ2n) is 4.75. The molecule has 98 valence electrons. The summed E-state index contributed by atoms with van der Waals surface area (Å²) in [4.78, 5) is 11.2. The first-order chi connectivity index (χ1) is 9.68. The van der Waals surface area contributed by atoms with Gasteiger partial charge in [-0.2, -0.15) is 0 Å². The maximum Gasteiger partial charge on any atom is 0.284 e. The van der Waals surface area contributed by atoms with Crippen LogP contribution < -0.4 is 0 Å². The highest BCUT2D eigenvalue weighted by Crippen LogP contribution is 2.37. The molecular formula is C17H13NO2. The zero-order chi connectivity index (χ0) is 14.1. The fourth-order valence-electron chi connectivity index (χ4n) is 2.54. The Kier molecular flexibility index (Phi) is 2.95. The molecule has 0 aliphatic carbocycles. The van der Waals surface area contributed by atoms with Gasteiger partial charge >= 0.3 is 0 Å². The highest BCUT2D eigenvalue weighted by Gasteiger charge is 2.20. The second-order valence-corrected chi connectivity index (χ2v) is 4.75. The van der Waals surface area contributed by atoms with Crippen molar-refractivity contribution < 1.29 is 4.92 Å². The number of nitro benzene ring substituents is 1. The lowest BCUT2D eigenvalue weighted by molar-refractivity contribution is -0.382. The molecule has 0 amide bonds. The summed E-state index contributed by atoms with van der Waals surface area (Å²) in [6, 6.07) is 18.9. The largest absolute Gasteiger partial charge is 0.284 e. The molecule has 0 unspecified atom stereocenters. The van der Waals surface area contributed by atoms with Crippen LogP contribution in [0.5, 0.6) is 0 Å². The van der Waals surface area contributed by atoms with E-state index in [9.17, 15) is 10.1 Å². The van der Waals surface area contributed by atoms with E-state index in [-0.39, 0.29) is 10.6 Å². The Morgan fingerprint density at radius 2 is 1.55 bits per heavy atom. The van der Waals surface area contributed by atoms with Crippen LogP contribution in [0.2, 0.25) is 0 Å². The van der Waals surface area contributed by atoms with Crippen LogP contribution in [-0.4, -0.2) is 4.92 Å². The number of fused-ring (bicyclic) bond motifs is 1. The van der Waals surface area contributed by atoms with Crippen molar-refractivity contribution in [2.24, 2.45) is 0 Å². The zero-order valence-electron chi connectivity index (χ0n) is 11.0. The topological polar surface area (TPSA) is 43.1 Å². The third kappa shape index (κ3) is 1.93. The SMILES string of the molecule is Cc1ccccc1-c1ccc2ccccc2c1[N+](=O)[O-]. The molecule has 0 fully saturated rings. The summed E-state index contributed by atoms with van der Waals surface area (Å²) in [5.41, 5.74) is 2.79. The average Bonchev–Trinajstić information content (AvgIpc) is 2.46. The van der Waals surface area contributed by atoms with Gasteiger partial charge < -0.3 is 0 Å². The Balaban J connectivity index is 2.40. The smallest absolute Gasteiger partial charge is 0.258 e. The van der Waals surface area contributed by atoms with E-state index in [0.29, 0.717) is 10.9 Å². The standard InChI is InChI=1S/C17H13NO2/c1-12-6-2-4-8-14(12)16-11-10-13-7-3-5-9-15(13)17(16)18(19)20/h2-11H,1H3. The van der Waals surface area contributed by atoms with E-state index in [2.05, 4.69) is 0 Å². The van der Waals surface area contributed by atoms with Crippen molar-refractivity contribution in [1.29, 1.82) is 0 Å². The van der Waals surface area contributed by atoms with Crippen LogP contribution in [0.1, 0.15) is 5.56 Å². The summed E-state index contributed by atoms with van der Waals surface area (Å²) in [5, 5.41) is 13.1. The van der Waals surface area contributed by atoms with Crippen molar-refractivity contribution in [3.05, 3.63) is 76.3 Å². The lowest BCUT2D eigenvalue weighted by Gasteiger charge is -2.09. The van der Waals surface area contributed by atoms with Crippen LogP contribution in [0.3, 0.4) is 0 Å². The Hall–Kier alpha value is -2.68. The van der Waals surface area contributed by atoms with E-state index in [0.717, 1.165) is 16.5 Å². The van der Waals surface area contributed by atoms with E-state index in [1.165, 1.54) is 0 Å². The van der Waals surface area contributed by atoms with E-state index in [1.807, 2.05) is 61.5 Å². The van der Waals surface area contributed by atoms with Gasteiger partial charge in [-0.25, -0.2) is 0 Å². The predicted molar refractivity (Wildman–Crippen MR) is 80.8 cm³/mol. The van der Waals surface area contributed by atoms with E-state index < -0.39 is 0 Å². The summed E-state index contributed by atoms with van der Waals surface area (Å²) in [5.74, 6) is 0. The fourth-order valence-corrected chi connectivity index (χ4v) is 2.54. The molecular weight excluding hydrogens is 250 g/mol. The van der Waals surface area contributed by atoms with Crippen LogP contribution in [0.4, 0.5) is 5.69 Å². The average molecular weight is 263 g/mol. The van der Waals surface area contributed by atoms with Gasteiger partial charge in [-0.05, 0) is 35.6 Å². The Labute approximate surface area is 116 Å². The van der Waals surface area contributed by atoms with E-state index >= 15 is 0 Å². The minimum absolute atomic E-state index is 0.178. The molecule has 3 rings (SSSR count). The quantitative estimate of drug-likeness (QED) is 0.495. The molecule has 0 saturated heterocycles. The van der Waals surface area contributed by atoms with Gasteiger partial charge in [-0.1, -0.05) is 48.5 Å². The highest BCUT2D eigenvalue weighted by molar-refractivity contribution is 5.98. The number of nitro groups is 1. The molecule has 0 aliphatic heterocycles. The maximum atomic E-state index is 11.5. The van der Waals surface area contributed by atoms with Crippen LogP contribution in [0, 0.1) is 17.0 Å². The van der Waals surface area contributed by atoms with Crippen LogP contribution >= 0.6 is 0 Å². The van der Waals surface area contributed by atoms with E-state index in [4.69, 9.17) is 0 Å². The summed E-state index contributed by atoms with van der Waals surface area (Å²) >= 11 is 0. The van der Waals surface area contributed by atoms with Crippen molar-refractivity contribution in [3.8, 4) is 11.1 Å². The lowest BCUT2D eigenvalue weighted by Crippen LogP contribution is -1.94. The van der Waals surface area contributed by atoms with Gasteiger partial charge in [0.15, 0.2) is 0 Å². The molecule has 3 aromatic carbocycles. The number of hydrogen-bond acceptors (Lipinski definition) is 2. The van der Waals surface area contributed by atoms with Gasteiger partial charge in [0.05, 0.1) is 15.9 Å². The molecule has 0 N–H and O–H groups in total. The van der Waals surface area contributed by atoms with Crippen molar-refractivity contribution in [2.45, 2.75) is 6.92 Å². The molecule has 3 nitrogen and oxygen atoms in total. The zero-order valence-corrected chi connectivity index (χ0v) is 11.0. The molecule has 0 radical (unpaired) electrons. The van der Waals surface area contributed by atoms with Crippen LogP contribution in [0.15, 0.2) is 60.7 Å². The molecule has 0 atom stereocenters. The fraction of sp³-hybridized carbons (Fsp3) is 0.0588. The minimum Gasteiger partial charge on any atom is -0.258 e. The van der Waals surface area contributed by atoms with Gasteiger partial charge in [-0.15, -0.1) is 0 Å². The molecule has 20 heavy (non-hydrogen) atoms. The Bertz CT molecular complexity index is 809. The molecule has 0 spiro atoms. The number of benzene rings is 3. The van der Waals surface area contributed by atoms with Crippen molar-refractivity contribution in [2.75, 3.05) is 0 Å². The van der Waals surface area contributed by atoms with Crippen molar-refractivity contribution >= 4 is 16.5 Å². The first-order valence-electron chi connectivity index (χ1n) is 6.40. The van der Waals surface area contributed by atoms with Crippen LogP contribution in [0.25, 0.3) is 21.9 Å². The first-order valence-corrected chi connectivity index (χ1v) is 6.40. The molecule has 0 aromatic heterocycles. The van der Waals surface area contributed by atoms with Gasteiger partial charge in [0.25, 0.3) is 5.69 Å². The van der Waals surface area contributed by atoms with Gasteiger partial charge in [0, 0.05) is 0 Å². The number of hydrogen-bond donors (Lipinski definition) is 0. The van der Waals surface area contributed by atoms with Gasteiger partial charge in [-0.3, -0.25) is 10.1 Å². The predicted octanol–water partition coefficient (Wildman–Crippen LogP) is 4.72. The molecule has 0 bridgehead atoms. The van der Waals surface area contributed by atoms with Crippen LogP contribution in [-0.2, 0) is 0 Å². The third-order valence-corrected chi connectivity index (χ3v) is 3.52. The first kappa shape index (κ1) is 12.4. The normalized spacial score (nSPS) is 10.7. The van der Waals surface area contributed by atoms with E-state index in [1.54, 1.807) is 6.07 Å². The lowest BCUT2D eigenvalue weighted by atomic mass is 9.95. The maximum absolute atomic E-state index is 11.5. The van der Waals surface area contributed by atoms with Gasteiger partial charge in [0.2, 0.25) is 0 Å². The van der Waals surface area contributed by atoms with Gasteiger partial charge in [0.1, 0.15) is 0 Å². The summed E-state index contributed by atoms with van der Waals surface area (Å²) < 4.78 is 0. The number of rotatable bonds is 2. The molecule has 0 aliphatic rings. The summed E-state index contributed by atoms with van der Waals surface area (Å²) in [7, 11) is 0. The minimum atomic E-state index is -0.288. The Morgan fingerprint density at radius 1 is 0.850 bits per heavy atom. The molecule has 3 aromatic rings. The monoisotopic (exact) mass is 263 g/mol. The van der Waals surface area contributed by atoms with Crippen molar-refractivity contribution in [1.82, 2.24) is 0 Å². The molecule has 0 saturated carbocycles. The Morgan fingerprint density at radius 3 is 2.30 bits per heavy atom. The molecule has 0 heterocycles.